The van der Waals surface area contributed by atoms with E-state index in [1.165, 1.54) is 12.1 Å². The summed E-state index contributed by atoms with van der Waals surface area (Å²) in [6, 6.07) is 4.60. The van der Waals surface area contributed by atoms with Crippen LogP contribution < -0.4 is 5.73 Å². The monoisotopic (exact) mass is 278 g/mol. The topological polar surface area (TPSA) is 52.0 Å². The molecule has 0 unspecified atom stereocenters. The number of aromatic nitrogens is 1. The molecule has 2 bridgehead atoms. The third-order valence-corrected chi connectivity index (χ3v) is 4.54. The van der Waals surface area contributed by atoms with Crippen LogP contribution in [-0.4, -0.2) is 10.5 Å². The zero-order chi connectivity index (χ0) is 13.3. The summed E-state index contributed by atoms with van der Waals surface area (Å²) in [6.45, 7) is 0. The number of nitrogens with two attached hydrogens (primary N) is 1. The SMILES string of the molecule is NC12CC(c3ncc(-c4ccc(Cl)c(F)c4)o3)(C1)C2. The van der Waals surface area contributed by atoms with Crippen LogP contribution in [0.4, 0.5) is 4.39 Å². The molecule has 5 rings (SSSR count). The predicted molar refractivity (Wildman–Crippen MR) is 69.4 cm³/mol. The van der Waals surface area contributed by atoms with E-state index in [0.717, 1.165) is 25.2 Å². The molecular weight excluding hydrogens is 267 g/mol. The van der Waals surface area contributed by atoms with Gasteiger partial charge in [0.2, 0.25) is 5.89 Å². The van der Waals surface area contributed by atoms with Gasteiger partial charge >= 0.3 is 0 Å². The van der Waals surface area contributed by atoms with Gasteiger partial charge in [0.15, 0.2) is 5.76 Å². The van der Waals surface area contributed by atoms with Crippen LogP contribution in [0.15, 0.2) is 28.8 Å². The molecule has 2 aromatic rings. The van der Waals surface area contributed by atoms with E-state index < -0.39 is 5.82 Å². The Morgan fingerprint density at radius 3 is 2.68 bits per heavy atom. The molecule has 0 radical (unpaired) electrons. The number of hydrogen-bond acceptors (Lipinski definition) is 3. The van der Waals surface area contributed by atoms with Gasteiger partial charge in [-0.1, -0.05) is 11.6 Å². The highest BCUT2D eigenvalue weighted by Gasteiger charge is 2.69. The highest BCUT2D eigenvalue weighted by atomic mass is 35.5. The van der Waals surface area contributed by atoms with E-state index in [-0.39, 0.29) is 16.0 Å². The van der Waals surface area contributed by atoms with Gasteiger partial charge in [0.05, 0.1) is 16.6 Å². The van der Waals surface area contributed by atoms with Crippen LogP contribution in [0.2, 0.25) is 5.02 Å². The zero-order valence-corrected chi connectivity index (χ0v) is 10.9. The van der Waals surface area contributed by atoms with Crippen LogP contribution in [0.5, 0.6) is 0 Å². The molecule has 0 atom stereocenters. The smallest absolute Gasteiger partial charge is 0.201 e. The lowest BCUT2D eigenvalue weighted by atomic mass is 9.40. The standard InChI is InChI=1S/C14H12ClFN2O/c15-9-2-1-8(3-10(9)16)11-4-18-12(19-11)13-5-14(17,6-13)7-13/h1-4H,5-7,17H2. The van der Waals surface area contributed by atoms with Crippen molar-refractivity contribution >= 4 is 11.6 Å². The molecule has 3 fully saturated rings. The van der Waals surface area contributed by atoms with Crippen LogP contribution in [-0.2, 0) is 5.41 Å². The first kappa shape index (κ1) is 11.4. The first-order valence-corrected chi connectivity index (χ1v) is 6.58. The van der Waals surface area contributed by atoms with Gasteiger partial charge in [-0.15, -0.1) is 0 Å². The summed E-state index contributed by atoms with van der Waals surface area (Å²) in [6.07, 6.45) is 4.46. The molecule has 5 heteroatoms. The number of nitrogens with zero attached hydrogens (tertiary/aromatic N) is 1. The molecule has 98 valence electrons. The van der Waals surface area contributed by atoms with Crippen molar-refractivity contribution in [2.75, 3.05) is 0 Å². The Kier molecular flexibility index (Phi) is 2.03. The average molecular weight is 279 g/mol. The van der Waals surface area contributed by atoms with Crippen molar-refractivity contribution < 1.29 is 8.81 Å². The molecule has 1 heterocycles. The maximum Gasteiger partial charge on any atom is 0.201 e. The quantitative estimate of drug-likeness (QED) is 0.917. The van der Waals surface area contributed by atoms with Crippen molar-refractivity contribution in [2.24, 2.45) is 5.73 Å². The Bertz CT molecular complexity index is 662. The van der Waals surface area contributed by atoms with Gasteiger partial charge in [-0.3, -0.25) is 0 Å². The van der Waals surface area contributed by atoms with Gasteiger partial charge in [0.25, 0.3) is 0 Å². The van der Waals surface area contributed by atoms with Crippen molar-refractivity contribution in [3.05, 3.63) is 41.1 Å². The molecule has 1 aromatic heterocycles. The fourth-order valence-electron chi connectivity index (χ4n) is 3.40. The minimum atomic E-state index is -0.455. The van der Waals surface area contributed by atoms with Gasteiger partial charge in [-0.25, -0.2) is 9.37 Å². The Labute approximate surface area is 114 Å². The molecule has 2 N–H and O–H groups in total. The first-order chi connectivity index (χ1) is 9.00. The lowest BCUT2D eigenvalue weighted by Crippen LogP contribution is -2.74. The summed E-state index contributed by atoms with van der Waals surface area (Å²) < 4.78 is 19.2. The van der Waals surface area contributed by atoms with Crippen LogP contribution in [0.3, 0.4) is 0 Å². The third-order valence-electron chi connectivity index (χ3n) is 4.23. The maximum absolute atomic E-state index is 13.4. The summed E-state index contributed by atoms with van der Waals surface area (Å²) in [7, 11) is 0. The second-order valence-corrected chi connectivity index (χ2v) is 6.24. The van der Waals surface area contributed by atoms with Crippen LogP contribution in [0.25, 0.3) is 11.3 Å². The fourth-order valence-corrected chi connectivity index (χ4v) is 3.51. The van der Waals surface area contributed by atoms with Crippen molar-refractivity contribution in [3.8, 4) is 11.3 Å². The summed E-state index contributed by atoms with van der Waals surface area (Å²) in [5.74, 6) is 0.843. The van der Waals surface area contributed by atoms with Gasteiger partial charge < -0.3 is 10.2 Å². The number of benzene rings is 1. The molecule has 3 saturated carbocycles. The van der Waals surface area contributed by atoms with Gasteiger partial charge in [-0.05, 0) is 37.5 Å². The normalized spacial score (nSPS) is 31.7. The summed E-state index contributed by atoms with van der Waals surface area (Å²) >= 11 is 5.66. The summed E-state index contributed by atoms with van der Waals surface area (Å²) in [4.78, 5) is 4.33. The highest BCUT2D eigenvalue weighted by Crippen LogP contribution is 2.66. The van der Waals surface area contributed by atoms with Crippen molar-refractivity contribution in [2.45, 2.75) is 30.2 Å². The second kappa shape index (κ2) is 3.38. The molecule has 0 aliphatic heterocycles. The molecule has 3 nitrogen and oxygen atoms in total. The van der Waals surface area contributed by atoms with E-state index in [1.807, 2.05) is 0 Å². The fraction of sp³-hybridized carbons (Fsp3) is 0.357. The summed E-state index contributed by atoms with van der Waals surface area (Å²) in [5.41, 5.74) is 6.73. The number of halogens is 2. The Morgan fingerprint density at radius 1 is 1.32 bits per heavy atom. The summed E-state index contributed by atoms with van der Waals surface area (Å²) in [5, 5.41) is 0.105. The first-order valence-electron chi connectivity index (χ1n) is 6.20. The molecule has 0 spiro atoms. The molecular formula is C14H12ClFN2O. The van der Waals surface area contributed by atoms with Crippen LogP contribution >= 0.6 is 11.6 Å². The van der Waals surface area contributed by atoms with Crippen molar-refractivity contribution in [1.82, 2.24) is 4.98 Å². The van der Waals surface area contributed by atoms with Crippen molar-refractivity contribution in [3.63, 3.8) is 0 Å². The molecule has 19 heavy (non-hydrogen) atoms. The Balaban J connectivity index is 1.66. The number of hydrogen-bond donors (Lipinski definition) is 1. The predicted octanol–water partition coefficient (Wildman–Crippen LogP) is 3.27. The number of rotatable bonds is 2. The molecule has 1 aromatic carbocycles. The largest absolute Gasteiger partial charge is 0.440 e. The zero-order valence-electron chi connectivity index (χ0n) is 10.1. The minimum absolute atomic E-state index is 0.0149. The van der Waals surface area contributed by atoms with Gasteiger partial charge in [0.1, 0.15) is 5.82 Å². The van der Waals surface area contributed by atoms with E-state index in [4.69, 9.17) is 21.8 Å². The van der Waals surface area contributed by atoms with E-state index in [2.05, 4.69) is 4.98 Å². The van der Waals surface area contributed by atoms with Crippen LogP contribution in [0, 0.1) is 5.82 Å². The maximum atomic E-state index is 13.4. The van der Waals surface area contributed by atoms with E-state index >= 15 is 0 Å². The van der Waals surface area contributed by atoms with Crippen LogP contribution in [0.1, 0.15) is 25.2 Å². The van der Waals surface area contributed by atoms with E-state index in [0.29, 0.717) is 11.3 Å². The Morgan fingerprint density at radius 2 is 2.05 bits per heavy atom. The molecule has 0 amide bonds. The molecule has 3 aliphatic rings. The highest BCUT2D eigenvalue weighted by molar-refractivity contribution is 6.30. The lowest BCUT2D eigenvalue weighted by molar-refractivity contribution is -0.0762. The van der Waals surface area contributed by atoms with Crippen molar-refractivity contribution in [1.29, 1.82) is 0 Å². The van der Waals surface area contributed by atoms with Gasteiger partial charge in [-0.2, -0.15) is 0 Å². The second-order valence-electron chi connectivity index (χ2n) is 5.83. The van der Waals surface area contributed by atoms with E-state index in [1.54, 1.807) is 12.3 Å². The molecule has 0 saturated heterocycles. The lowest BCUT2D eigenvalue weighted by Gasteiger charge is -2.67. The molecule has 3 aliphatic carbocycles. The number of oxazole rings is 1. The van der Waals surface area contributed by atoms with Gasteiger partial charge in [0, 0.05) is 11.1 Å². The minimum Gasteiger partial charge on any atom is -0.440 e. The third kappa shape index (κ3) is 1.50. The Hall–Kier alpha value is -1.39. The van der Waals surface area contributed by atoms with E-state index in [9.17, 15) is 4.39 Å². The average Bonchev–Trinajstić information content (AvgIpc) is 2.77.